The fourth-order valence-electron chi connectivity index (χ4n) is 13.4. The van der Waals surface area contributed by atoms with Crippen molar-refractivity contribution in [1.29, 1.82) is 0 Å². The van der Waals surface area contributed by atoms with Crippen molar-refractivity contribution in [3.63, 3.8) is 0 Å². The smallest absolute Gasteiger partial charge is 0.309 e. The van der Waals surface area contributed by atoms with E-state index in [1.54, 1.807) is 13.8 Å². The molecule has 0 amide bonds. The van der Waals surface area contributed by atoms with E-state index in [1.807, 2.05) is 0 Å². The molecule has 0 bridgehead atoms. The van der Waals surface area contributed by atoms with Gasteiger partial charge in [0.2, 0.25) is 0 Å². The zero-order valence-electron chi connectivity index (χ0n) is 27.4. The average molecular weight is 587 g/mol. The molecule has 10 unspecified atom stereocenters. The highest BCUT2D eigenvalue weighted by molar-refractivity contribution is 5.72. The summed E-state index contributed by atoms with van der Waals surface area (Å²) in [5.74, 6) is 1.91. The van der Waals surface area contributed by atoms with Gasteiger partial charge in [0.25, 0.3) is 0 Å². The minimum atomic E-state index is -1.18. The molecule has 2 heterocycles. The zero-order chi connectivity index (χ0) is 30.1. The largest absolute Gasteiger partial charge is 0.456 e. The van der Waals surface area contributed by atoms with Crippen molar-refractivity contribution in [1.82, 2.24) is 0 Å². The maximum Gasteiger partial charge on any atom is 0.309 e. The van der Waals surface area contributed by atoms with Gasteiger partial charge in [0.05, 0.1) is 29.8 Å². The average Bonchev–Trinajstić information content (AvgIpc) is 3.52. The summed E-state index contributed by atoms with van der Waals surface area (Å²) in [5, 5.41) is 22.3. The van der Waals surface area contributed by atoms with Crippen LogP contribution in [-0.4, -0.2) is 59.4 Å². The first-order valence-electron chi connectivity index (χ1n) is 17.4. The molecule has 238 valence electrons. The van der Waals surface area contributed by atoms with Crippen LogP contribution < -0.4 is 0 Å². The van der Waals surface area contributed by atoms with Crippen LogP contribution in [0.3, 0.4) is 0 Å². The van der Waals surface area contributed by atoms with Crippen LogP contribution in [0.15, 0.2) is 0 Å². The number of rotatable bonds is 4. The number of fused-ring (bicyclic) bond motifs is 4. The zero-order valence-corrected chi connectivity index (χ0v) is 27.4. The van der Waals surface area contributed by atoms with Gasteiger partial charge in [-0.05, 0) is 135 Å². The van der Waals surface area contributed by atoms with Crippen molar-refractivity contribution in [2.45, 2.75) is 149 Å². The van der Waals surface area contributed by atoms with E-state index in [-0.39, 0.29) is 46.4 Å². The molecule has 2 saturated heterocycles. The molecule has 2 N–H and O–H groups in total. The molecule has 7 aliphatic rings. The van der Waals surface area contributed by atoms with Gasteiger partial charge in [-0.2, -0.15) is 0 Å². The van der Waals surface area contributed by atoms with E-state index in [0.29, 0.717) is 60.6 Å². The van der Waals surface area contributed by atoms with Crippen LogP contribution >= 0.6 is 0 Å². The summed E-state index contributed by atoms with van der Waals surface area (Å²) in [6.07, 6.45) is 10.9. The third-order valence-corrected chi connectivity index (χ3v) is 15.5. The fourth-order valence-corrected chi connectivity index (χ4v) is 13.4. The summed E-state index contributed by atoms with van der Waals surface area (Å²) in [6, 6.07) is 0. The molecule has 5 aliphatic carbocycles. The summed E-state index contributed by atoms with van der Waals surface area (Å²) < 4.78 is 18.7. The molecule has 7 rings (SSSR count). The Kier molecular flexibility index (Phi) is 6.73. The van der Waals surface area contributed by atoms with Gasteiger partial charge < -0.3 is 24.4 Å². The van der Waals surface area contributed by atoms with Crippen molar-refractivity contribution < 1.29 is 29.2 Å². The van der Waals surface area contributed by atoms with Gasteiger partial charge >= 0.3 is 5.97 Å². The van der Waals surface area contributed by atoms with Crippen molar-refractivity contribution in [3.05, 3.63) is 0 Å². The van der Waals surface area contributed by atoms with Crippen LogP contribution in [-0.2, 0) is 19.0 Å². The van der Waals surface area contributed by atoms with Crippen LogP contribution in [0.25, 0.3) is 0 Å². The minimum absolute atomic E-state index is 0.0110. The number of hydrogen-bond acceptors (Lipinski definition) is 6. The molecule has 0 aromatic rings. The molecule has 2 aliphatic heterocycles. The van der Waals surface area contributed by atoms with E-state index in [0.717, 1.165) is 19.3 Å². The fraction of sp³-hybridized carbons (Fsp3) is 0.972. The summed E-state index contributed by atoms with van der Waals surface area (Å²) in [5.41, 5.74) is 0.126. The molecule has 2 spiro atoms. The number of ether oxygens (including phenoxy) is 3. The monoisotopic (exact) mass is 586 g/mol. The van der Waals surface area contributed by atoms with E-state index in [4.69, 9.17) is 14.2 Å². The first-order valence-corrected chi connectivity index (χ1v) is 17.4. The lowest BCUT2D eigenvalue weighted by Crippen LogP contribution is -2.58. The van der Waals surface area contributed by atoms with Crippen LogP contribution in [0.2, 0.25) is 0 Å². The van der Waals surface area contributed by atoms with Gasteiger partial charge in [-0.3, -0.25) is 4.79 Å². The Hall–Kier alpha value is -0.690. The second-order valence-electron chi connectivity index (χ2n) is 17.9. The van der Waals surface area contributed by atoms with Crippen molar-refractivity contribution >= 4 is 5.97 Å². The number of carbonyl (C=O) groups is 1. The molecule has 0 radical (unpaired) electrons. The second-order valence-corrected chi connectivity index (χ2v) is 17.9. The Labute approximate surface area is 254 Å². The summed E-state index contributed by atoms with van der Waals surface area (Å²) in [7, 11) is 0. The Bertz CT molecular complexity index is 1090. The lowest BCUT2D eigenvalue weighted by Gasteiger charge is -2.63. The van der Waals surface area contributed by atoms with Crippen LogP contribution in [0, 0.1) is 56.7 Å². The lowest BCUT2D eigenvalue weighted by molar-refractivity contribution is -0.214. The number of esters is 1. The summed E-state index contributed by atoms with van der Waals surface area (Å²) in [4.78, 5) is 13.2. The molecule has 42 heavy (non-hydrogen) atoms. The first kappa shape index (κ1) is 30.0. The predicted octanol–water partition coefficient (Wildman–Crippen LogP) is 6.30. The van der Waals surface area contributed by atoms with Crippen LogP contribution in [0.4, 0.5) is 0 Å². The number of aliphatic hydroxyl groups is 2. The van der Waals surface area contributed by atoms with Crippen molar-refractivity contribution in [2.75, 3.05) is 13.2 Å². The van der Waals surface area contributed by atoms with E-state index in [2.05, 4.69) is 34.6 Å². The molecule has 6 nitrogen and oxygen atoms in total. The van der Waals surface area contributed by atoms with Gasteiger partial charge in [-0.1, -0.05) is 34.6 Å². The first-order chi connectivity index (χ1) is 19.6. The lowest BCUT2D eigenvalue weighted by atomic mass is 9.41. The molecular formula is C36H58O6. The van der Waals surface area contributed by atoms with Gasteiger partial charge in [-0.15, -0.1) is 0 Å². The standard InChI is InChI=1S/C36H58O6/c1-21-18-23(29(32(4,5)39)42-30(38)22-11-16-40-17-12-22)41-24-19-34(7)26-9-8-25-31(2,3)27(37)10-13-35(25)20-36(26,35)15-14-33(34,6)28(21)24/h21-29,37,39H,8-20H2,1-7H3/t21-,23?,24?,25?,26?,27?,28?,29?,33?,34+,35?,36?/m1/s1. The minimum Gasteiger partial charge on any atom is -0.456 e. The van der Waals surface area contributed by atoms with E-state index in [9.17, 15) is 15.0 Å². The van der Waals surface area contributed by atoms with Gasteiger partial charge in [0.1, 0.15) is 0 Å². The van der Waals surface area contributed by atoms with Crippen LogP contribution in [0.5, 0.6) is 0 Å². The topological polar surface area (TPSA) is 85.2 Å². The Morgan fingerprint density at radius 2 is 1.60 bits per heavy atom. The highest BCUT2D eigenvalue weighted by Crippen LogP contribution is 2.89. The molecule has 12 atom stereocenters. The van der Waals surface area contributed by atoms with Crippen LogP contribution in [0.1, 0.15) is 119 Å². The van der Waals surface area contributed by atoms with Gasteiger partial charge in [-0.25, -0.2) is 0 Å². The molecule has 5 saturated carbocycles. The second kappa shape index (κ2) is 9.42. The molecule has 6 heteroatoms. The maximum atomic E-state index is 13.2. The van der Waals surface area contributed by atoms with Crippen molar-refractivity contribution in [2.24, 2.45) is 56.7 Å². The number of hydrogen-bond donors (Lipinski definition) is 2. The normalized spacial score (nSPS) is 52.2. The molecule has 7 fully saturated rings. The Morgan fingerprint density at radius 3 is 2.29 bits per heavy atom. The Balaban J connectivity index is 1.14. The van der Waals surface area contributed by atoms with Crippen molar-refractivity contribution in [3.8, 4) is 0 Å². The third-order valence-electron chi connectivity index (χ3n) is 15.5. The van der Waals surface area contributed by atoms with Gasteiger partial charge in [0.15, 0.2) is 6.10 Å². The number of carbonyl (C=O) groups excluding carboxylic acids is 1. The highest BCUT2D eigenvalue weighted by Gasteiger charge is 2.83. The maximum absolute atomic E-state index is 13.2. The van der Waals surface area contributed by atoms with E-state index < -0.39 is 11.7 Å². The van der Waals surface area contributed by atoms with E-state index in [1.165, 1.54) is 38.5 Å². The third kappa shape index (κ3) is 3.86. The summed E-state index contributed by atoms with van der Waals surface area (Å²) >= 11 is 0. The predicted molar refractivity (Wildman–Crippen MR) is 160 cm³/mol. The Morgan fingerprint density at radius 1 is 0.929 bits per heavy atom. The summed E-state index contributed by atoms with van der Waals surface area (Å²) in [6.45, 7) is 17.0. The molecular weight excluding hydrogens is 528 g/mol. The highest BCUT2D eigenvalue weighted by atomic mass is 16.6. The molecule has 0 aromatic heterocycles. The van der Waals surface area contributed by atoms with E-state index >= 15 is 0 Å². The van der Waals surface area contributed by atoms with Gasteiger partial charge in [0, 0.05) is 13.2 Å². The molecule has 0 aromatic carbocycles. The quantitative estimate of drug-likeness (QED) is 0.376. The number of aliphatic hydroxyl groups excluding tert-OH is 1. The SMILES string of the molecule is C[C@@H]1CC(C(OC(=O)C2CCOCC2)C(C)(C)O)OC2C[C@@]3(C)C4CCC5C(C)(C)C(O)CCC56CC46CCC3(C)C21.